The van der Waals surface area contributed by atoms with E-state index < -0.39 is 11.4 Å². The van der Waals surface area contributed by atoms with Crippen LogP contribution < -0.4 is 22.1 Å². The zero-order valence-corrected chi connectivity index (χ0v) is 18.5. The van der Waals surface area contributed by atoms with Crippen molar-refractivity contribution in [3.05, 3.63) is 65.1 Å². The number of amides is 1. The third-order valence-corrected chi connectivity index (χ3v) is 6.63. The van der Waals surface area contributed by atoms with E-state index in [4.69, 9.17) is 23.1 Å². The lowest BCUT2D eigenvalue weighted by Crippen LogP contribution is -2.49. The van der Waals surface area contributed by atoms with Crippen LogP contribution in [0.2, 0.25) is 0 Å². The van der Waals surface area contributed by atoms with Crippen molar-refractivity contribution in [1.82, 2.24) is 15.1 Å². The lowest BCUT2D eigenvalue weighted by molar-refractivity contribution is 0.1000. The average molecular weight is 459 g/mol. The molecule has 32 heavy (non-hydrogen) atoms. The van der Waals surface area contributed by atoms with Crippen molar-refractivity contribution in [2.45, 2.75) is 49.7 Å². The van der Waals surface area contributed by atoms with Gasteiger partial charge in [-0.15, -0.1) is 0 Å². The predicted octanol–water partition coefficient (Wildman–Crippen LogP) is 3.50. The van der Waals surface area contributed by atoms with Crippen LogP contribution in [0.3, 0.4) is 0 Å². The Kier molecular flexibility index (Phi) is 6.64. The first-order chi connectivity index (χ1) is 15.4. The number of allylic oxidation sites excluding steroid dienone is 2. The van der Waals surface area contributed by atoms with Gasteiger partial charge in [0.15, 0.2) is 5.82 Å². The van der Waals surface area contributed by atoms with Crippen LogP contribution in [-0.2, 0) is 5.54 Å². The van der Waals surface area contributed by atoms with Gasteiger partial charge in [-0.1, -0.05) is 23.8 Å². The zero-order chi connectivity index (χ0) is 22.7. The summed E-state index contributed by atoms with van der Waals surface area (Å²) < 4.78 is 15.0. The maximum Gasteiger partial charge on any atom is 0.254 e. The minimum Gasteiger partial charge on any atom is -0.365 e. The fraction of sp³-hybridized carbons (Fsp3) is 0.391. The van der Waals surface area contributed by atoms with E-state index in [2.05, 4.69) is 21.8 Å². The van der Waals surface area contributed by atoms with E-state index in [0.717, 1.165) is 37.1 Å². The maximum absolute atomic E-state index is 13.2. The first-order valence-electron chi connectivity index (χ1n) is 10.8. The number of nitrogens with zero attached hydrogens (tertiary/aromatic N) is 2. The van der Waals surface area contributed by atoms with Crippen LogP contribution in [0.5, 0.6) is 0 Å². The van der Waals surface area contributed by atoms with Crippen LogP contribution >= 0.6 is 11.6 Å². The molecule has 0 saturated heterocycles. The second-order valence-corrected chi connectivity index (χ2v) is 9.00. The number of hydrogen-bond donors (Lipinski definition) is 4. The normalized spacial score (nSPS) is 25.4. The van der Waals surface area contributed by atoms with Gasteiger partial charge in [-0.25, -0.2) is 4.39 Å². The Morgan fingerprint density at radius 2 is 2.00 bits per heavy atom. The Morgan fingerprint density at radius 3 is 2.62 bits per heavy atom. The zero-order valence-electron chi connectivity index (χ0n) is 17.7. The van der Waals surface area contributed by atoms with E-state index in [1.807, 2.05) is 12.2 Å². The average Bonchev–Trinajstić information content (AvgIpc) is 3.21. The second-order valence-electron chi connectivity index (χ2n) is 8.51. The van der Waals surface area contributed by atoms with Gasteiger partial charge in [-0.3, -0.25) is 9.48 Å². The molecule has 2 aliphatic rings. The molecule has 0 bridgehead atoms. The molecule has 1 amide bonds. The molecule has 7 nitrogen and oxygen atoms in total. The van der Waals surface area contributed by atoms with Gasteiger partial charge in [0.2, 0.25) is 0 Å². The fourth-order valence-corrected chi connectivity index (χ4v) is 4.70. The van der Waals surface area contributed by atoms with Gasteiger partial charge in [-0.2, -0.15) is 5.10 Å². The molecule has 170 valence electrons. The molecule has 1 aromatic heterocycles. The summed E-state index contributed by atoms with van der Waals surface area (Å²) in [5.74, 6) is -0.589. The fourth-order valence-electron chi connectivity index (χ4n) is 4.47. The Balaban J connectivity index is 1.49. The smallest absolute Gasteiger partial charge is 0.254 e. The number of aromatic nitrogens is 2. The third-order valence-electron chi connectivity index (χ3n) is 6.35. The number of nitrogens with two attached hydrogens (primary N) is 2. The van der Waals surface area contributed by atoms with Gasteiger partial charge in [0.05, 0.1) is 5.54 Å². The van der Waals surface area contributed by atoms with Crippen molar-refractivity contribution in [1.29, 1.82) is 0 Å². The summed E-state index contributed by atoms with van der Waals surface area (Å²) in [6, 6.07) is 6.42. The first-order valence-corrected chi connectivity index (χ1v) is 11.2. The van der Waals surface area contributed by atoms with Gasteiger partial charge in [0, 0.05) is 42.0 Å². The molecule has 9 heteroatoms. The standard InChI is InChI=1S/C23H28ClFN6O/c24-15-2-1-3-19(12-15)28-18-8-10-23(14-26,11-9-18)31-13-20(21(27)32)22(30-31)29-17-6-4-16(25)5-7-17/h1-7,13,18-19,28H,8-12,14,26H2,(H2,27,32)(H,29,30). The van der Waals surface area contributed by atoms with Crippen molar-refractivity contribution >= 4 is 29.0 Å². The van der Waals surface area contributed by atoms with Crippen molar-refractivity contribution in [3.8, 4) is 0 Å². The van der Waals surface area contributed by atoms with Crippen molar-refractivity contribution in [3.63, 3.8) is 0 Å². The Labute approximate surface area is 191 Å². The van der Waals surface area contributed by atoms with Crippen molar-refractivity contribution < 1.29 is 9.18 Å². The molecule has 0 radical (unpaired) electrons. The summed E-state index contributed by atoms with van der Waals surface area (Å²) in [6.07, 6.45) is 12.0. The molecule has 1 heterocycles. The van der Waals surface area contributed by atoms with E-state index in [9.17, 15) is 9.18 Å². The summed E-state index contributed by atoms with van der Waals surface area (Å²) >= 11 is 6.16. The number of carbonyl (C=O) groups is 1. The molecular formula is C23H28ClFN6O. The van der Waals surface area contributed by atoms with Gasteiger partial charge in [0.25, 0.3) is 5.91 Å². The highest BCUT2D eigenvalue weighted by molar-refractivity contribution is 6.29. The first kappa shape index (κ1) is 22.5. The van der Waals surface area contributed by atoms with Gasteiger partial charge >= 0.3 is 0 Å². The van der Waals surface area contributed by atoms with Crippen LogP contribution in [-0.4, -0.2) is 34.3 Å². The highest BCUT2D eigenvalue weighted by Gasteiger charge is 2.38. The number of nitrogens with one attached hydrogen (secondary N) is 2. The topological polar surface area (TPSA) is 111 Å². The molecule has 1 aromatic carbocycles. The molecule has 1 fully saturated rings. The highest BCUT2D eigenvalue weighted by atomic mass is 35.5. The van der Waals surface area contributed by atoms with Crippen molar-refractivity contribution in [2.24, 2.45) is 11.5 Å². The second kappa shape index (κ2) is 9.44. The molecule has 1 atom stereocenters. The molecule has 1 saturated carbocycles. The number of carbonyl (C=O) groups excluding carboxylic acids is 1. The van der Waals surface area contributed by atoms with E-state index in [1.54, 1.807) is 23.0 Å². The quantitative estimate of drug-likeness (QED) is 0.507. The highest BCUT2D eigenvalue weighted by Crippen LogP contribution is 2.36. The maximum atomic E-state index is 13.2. The molecule has 4 rings (SSSR count). The molecular weight excluding hydrogens is 431 g/mol. The SMILES string of the molecule is NCC1(n2cc(C(N)=O)c(Nc3ccc(F)cc3)n2)CCC(NC2C=CC=C(Cl)C2)CC1. The minimum absolute atomic E-state index is 0.237. The molecule has 0 aliphatic heterocycles. The minimum atomic E-state index is -0.586. The van der Waals surface area contributed by atoms with Crippen LogP contribution in [0.15, 0.2) is 53.7 Å². The van der Waals surface area contributed by atoms with Crippen LogP contribution in [0.4, 0.5) is 15.9 Å². The van der Waals surface area contributed by atoms with Crippen molar-refractivity contribution in [2.75, 3.05) is 11.9 Å². The summed E-state index contributed by atoms with van der Waals surface area (Å²) in [6.45, 7) is 0.396. The summed E-state index contributed by atoms with van der Waals surface area (Å²) in [5, 5.41) is 12.2. The number of anilines is 2. The van der Waals surface area contributed by atoms with E-state index in [0.29, 0.717) is 24.1 Å². The Morgan fingerprint density at radius 1 is 1.28 bits per heavy atom. The van der Waals surface area contributed by atoms with Gasteiger partial charge in [-0.05, 0) is 56.0 Å². The van der Waals surface area contributed by atoms with Crippen LogP contribution in [0.1, 0.15) is 42.5 Å². The van der Waals surface area contributed by atoms with Crippen LogP contribution in [0, 0.1) is 5.82 Å². The molecule has 2 aromatic rings. The summed E-state index contributed by atoms with van der Waals surface area (Å²) in [7, 11) is 0. The summed E-state index contributed by atoms with van der Waals surface area (Å²) in [4.78, 5) is 12.1. The Bertz CT molecular complexity index is 1020. The largest absolute Gasteiger partial charge is 0.365 e. The van der Waals surface area contributed by atoms with Crippen LogP contribution in [0.25, 0.3) is 0 Å². The lowest BCUT2D eigenvalue weighted by Gasteiger charge is -2.40. The Hall–Kier alpha value is -2.68. The van der Waals surface area contributed by atoms with Gasteiger partial charge < -0.3 is 22.1 Å². The number of rotatable bonds is 7. The van der Waals surface area contributed by atoms with E-state index >= 15 is 0 Å². The van der Waals surface area contributed by atoms with Gasteiger partial charge in [0.1, 0.15) is 11.4 Å². The lowest BCUT2D eigenvalue weighted by atomic mass is 9.79. The molecule has 1 unspecified atom stereocenters. The molecule has 6 N–H and O–H groups in total. The third kappa shape index (κ3) is 4.87. The number of benzene rings is 1. The number of halogens is 2. The molecule has 0 spiro atoms. The van der Waals surface area contributed by atoms with E-state index in [-0.39, 0.29) is 17.4 Å². The number of primary amides is 1. The predicted molar refractivity (Wildman–Crippen MR) is 124 cm³/mol. The monoisotopic (exact) mass is 458 g/mol. The van der Waals surface area contributed by atoms with E-state index in [1.165, 1.54) is 12.1 Å². The number of hydrogen-bond acceptors (Lipinski definition) is 5. The molecule has 2 aliphatic carbocycles. The summed E-state index contributed by atoms with van der Waals surface area (Å²) in [5.41, 5.74) is 12.3.